The number of hydrogen-bond donors (Lipinski definition) is 4. The average molecular weight is 765 g/mol. The number of nitrogens with zero attached hydrogens (tertiary/aromatic N) is 1. The van der Waals surface area contributed by atoms with Crippen LogP contribution in [0.4, 0.5) is 5.69 Å². The Hall–Kier alpha value is -6.88. The molecule has 1 aliphatic heterocycles. The number of carbonyl (C=O) groups excluding carboxylic acids is 2. The number of aryl methyl sites for hydroxylation is 2. The van der Waals surface area contributed by atoms with E-state index in [1.807, 2.05) is 78.9 Å². The number of methoxy groups -OCH3 is 2. The molecule has 5 aromatic rings. The van der Waals surface area contributed by atoms with Crippen molar-refractivity contribution < 1.29 is 33.0 Å². The van der Waals surface area contributed by atoms with E-state index in [2.05, 4.69) is 65.9 Å². The van der Waals surface area contributed by atoms with Crippen molar-refractivity contribution in [3.63, 3.8) is 0 Å². The smallest absolute Gasteiger partial charge is 0.253 e. The number of rotatable bonds is 13. The predicted octanol–water partition coefficient (Wildman–Crippen LogP) is 6.64. The fourth-order valence-electron chi connectivity index (χ4n) is 7.12. The number of benzene rings is 5. The number of hydrogen-bond acceptors (Lipinski definition) is 8. The van der Waals surface area contributed by atoms with Crippen molar-refractivity contribution >= 4 is 28.5 Å². The van der Waals surface area contributed by atoms with E-state index in [4.69, 9.17) is 18.4 Å². The number of fused-ring (bicyclic) bond motifs is 2. The molecule has 7 rings (SSSR count). The molecule has 2 amide bonds. The number of aromatic nitrogens is 1. The van der Waals surface area contributed by atoms with Crippen LogP contribution in [0.3, 0.4) is 0 Å². The Kier molecular flexibility index (Phi) is 11.4. The summed E-state index contributed by atoms with van der Waals surface area (Å²) in [6.07, 6.45) is -0.106. The van der Waals surface area contributed by atoms with Crippen LogP contribution in [0.25, 0.3) is 55.8 Å². The molecule has 2 aliphatic rings. The summed E-state index contributed by atoms with van der Waals surface area (Å²) in [5.41, 5.74) is 9.68. The lowest BCUT2D eigenvalue weighted by molar-refractivity contribution is -0.496. The van der Waals surface area contributed by atoms with Crippen molar-refractivity contribution in [3.05, 3.63) is 125 Å². The number of amides is 2. The Bertz CT molecular complexity index is 2610. The van der Waals surface area contributed by atoms with Gasteiger partial charge >= 0.3 is 0 Å². The van der Waals surface area contributed by atoms with Gasteiger partial charge in [0.2, 0.25) is 11.3 Å². The van der Waals surface area contributed by atoms with Crippen LogP contribution >= 0.6 is 0 Å². The molecule has 11 nitrogen and oxygen atoms in total. The highest BCUT2D eigenvalue weighted by Gasteiger charge is 2.25. The second-order valence-corrected chi connectivity index (χ2v) is 13.7. The molecular formula is C46H46N5O6+. The van der Waals surface area contributed by atoms with Gasteiger partial charge in [0.15, 0.2) is 5.76 Å². The summed E-state index contributed by atoms with van der Waals surface area (Å²) >= 11 is 0. The second-order valence-electron chi connectivity index (χ2n) is 13.7. The predicted molar refractivity (Wildman–Crippen MR) is 221 cm³/mol. The SMILES string of the molecule is CCNc1cc2oc3cc(=[NH+]CC)c(C)cc-3c(-c3ccccc3C(=O)NCNC(=O)Cc3onc(-c4ccc(OC)cc4)c3-c3ccc(OC)cc3)c2cc1C. The summed E-state index contributed by atoms with van der Waals surface area (Å²) in [6.45, 7) is 9.67. The van der Waals surface area contributed by atoms with E-state index in [0.29, 0.717) is 45.4 Å². The molecule has 0 unspecified atom stereocenters. The third-order valence-electron chi connectivity index (χ3n) is 9.95. The minimum absolute atomic E-state index is 0.106. The Balaban J connectivity index is 1.16. The monoisotopic (exact) mass is 764 g/mol. The van der Waals surface area contributed by atoms with Gasteiger partial charge < -0.3 is 34.4 Å². The Morgan fingerprint density at radius 3 is 2.16 bits per heavy atom. The molecule has 11 heteroatoms. The molecule has 0 spiro atoms. The third-order valence-corrected chi connectivity index (χ3v) is 9.95. The Labute approximate surface area is 331 Å². The molecule has 0 saturated carbocycles. The van der Waals surface area contributed by atoms with Crippen molar-refractivity contribution in [1.29, 1.82) is 0 Å². The number of nitrogens with one attached hydrogen (secondary N) is 4. The van der Waals surface area contributed by atoms with Crippen LogP contribution in [-0.2, 0) is 11.2 Å². The van der Waals surface area contributed by atoms with Gasteiger partial charge in [-0.25, -0.2) is 4.99 Å². The summed E-state index contributed by atoms with van der Waals surface area (Å²) in [6, 6.07) is 30.7. The molecule has 0 saturated heterocycles. The molecule has 0 atom stereocenters. The van der Waals surface area contributed by atoms with Gasteiger partial charge in [-0.1, -0.05) is 35.5 Å². The summed E-state index contributed by atoms with van der Waals surface area (Å²) in [4.78, 5) is 30.9. The van der Waals surface area contributed by atoms with Crippen LogP contribution in [0.1, 0.15) is 41.1 Å². The van der Waals surface area contributed by atoms with E-state index in [1.54, 1.807) is 20.3 Å². The lowest BCUT2D eigenvalue weighted by Crippen LogP contribution is -2.76. The Morgan fingerprint density at radius 2 is 1.47 bits per heavy atom. The van der Waals surface area contributed by atoms with E-state index in [-0.39, 0.29) is 24.9 Å². The fourth-order valence-corrected chi connectivity index (χ4v) is 7.12. The van der Waals surface area contributed by atoms with Gasteiger partial charge in [0, 0.05) is 51.5 Å². The van der Waals surface area contributed by atoms with Crippen LogP contribution in [-0.4, -0.2) is 50.9 Å². The highest BCUT2D eigenvalue weighted by Crippen LogP contribution is 2.43. The van der Waals surface area contributed by atoms with E-state index >= 15 is 0 Å². The van der Waals surface area contributed by atoms with Gasteiger partial charge in [0.05, 0.1) is 38.9 Å². The molecule has 290 valence electrons. The quantitative estimate of drug-likeness (QED) is 0.0757. The lowest BCUT2D eigenvalue weighted by Gasteiger charge is -2.19. The maximum absolute atomic E-state index is 14.0. The second kappa shape index (κ2) is 16.9. The molecule has 1 aliphatic carbocycles. The maximum Gasteiger partial charge on any atom is 0.253 e. The first-order valence-corrected chi connectivity index (χ1v) is 19.0. The van der Waals surface area contributed by atoms with Crippen molar-refractivity contribution in [2.45, 2.75) is 34.1 Å². The molecule has 0 bridgehead atoms. The fraction of sp³-hybridized carbons (Fsp3) is 0.217. The van der Waals surface area contributed by atoms with Crippen molar-refractivity contribution in [2.24, 2.45) is 0 Å². The summed E-state index contributed by atoms with van der Waals surface area (Å²) < 4.78 is 23.1. The average Bonchev–Trinajstić information content (AvgIpc) is 3.64. The standard InChI is InChI=1S/C46H45N5O6/c1-7-47-37-23-39-35(21-27(37)3)44(36-22-28(4)38(48-8-2)24-40(36)56-39)33-11-9-10-12-34(33)46(53)50-26-49-42(52)25-41-43(29-13-17-31(54-5)18-14-29)45(51-57-41)30-15-19-32(55-6)20-16-30/h9-24,47H,7-8,25-26H2,1-6H3,(H,49,52)(H,50,53)/p+1. The van der Waals surface area contributed by atoms with Gasteiger partial charge in [0.1, 0.15) is 35.1 Å². The molecule has 1 aromatic heterocycles. The van der Waals surface area contributed by atoms with Gasteiger partial charge in [0.25, 0.3) is 5.91 Å². The highest BCUT2D eigenvalue weighted by molar-refractivity contribution is 6.09. The van der Waals surface area contributed by atoms with Gasteiger partial charge in [-0.3, -0.25) is 9.59 Å². The lowest BCUT2D eigenvalue weighted by atomic mass is 9.89. The van der Waals surface area contributed by atoms with Gasteiger partial charge in [-0.2, -0.15) is 0 Å². The first kappa shape index (κ1) is 38.4. The zero-order valence-electron chi connectivity index (χ0n) is 33.0. The highest BCUT2D eigenvalue weighted by atomic mass is 16.5. The topological polar surface area (TPSA) is 142 Å². The number of anilines is 1. The van der Waals surface area contributed by atoms with Crippen LogP contribution < -0.4 is 35.8 Å². The molecule has 57 heavy (non-hydrogen) atoms. The molecule has 2 heterocycles. The van der Waals surface area contributed by atoms with Gasteiger partial charge in [-0.05, 0) is 99.0 Å². The Morgan fingerprint density at radius 1 is 0.772 bits per heavy atom. The van der Waals surface area contributed by atoms with Crippen molar-refractivity contribution in [2.75, 3.05) is 39.3 Å². The van der Waals surface area contributed by atoms with Gasteiger partial charge in [-0.15, -0.1) is 0 Å². The van der Waals surface area contributed by atoms with E-state index in [1.165, 1.54) is 0 Å². The van der Waals surface area contributed by atoms with Crippen LogP contribution in [0.15, 0.2) is 106 Å². The molecule has 4 aromatic carbocycles. The minimum Gasteiger partial charge on any atom is -0.497 e. The summed E-state index contributed by atoms with van der Waals surface area (Å²) in [5.74, 6) is 1.80. The number of carbonyl (C=O) groups is 2. The zero-order chi connectivity index (χ0) is 40.1. The van der Waals surface area contributed by atoms with Crippen LogP contribution in [0, 0.1) is 13.8 Å². The molecule has 0 fully saturated rings. The van der Waals surface area contributed by atoms with Crippen LogP contribution in [0.2, 0.25) is 0 Å². The third kappa shape index (κ3) is 7.95. The van der Waals surface area contributed by atoms with E-state index in [0.717, 1.165) is 68.5 Å². The number of ether oxygens (including phenoxy) is 2. The summed E-state index contributed by atoms with van der Waals surface area (Å²) in [5, 5.41) is 15.4. The summed E-state index contributed by atoms with van der Waals surface area (Å²) in [7, 11) is 3.22. The van der Waals surface area contributed by atoms with Crippen molar-refractivity contribution in [1.82, 2.24) is 15.8 Å². The van der Waals surface area contributed by atoms with E-state index in [9.17, 15) is 9.59 Å². The maximum atomic E-state index is 14.0. The minimum atomic E-state index is -0.351. The molecule has 0 radical (unpaired) electrons. The van der Waals surface area contributed by atoms with E-state index < -0.39 is 0 Å². The zero-order valence-corrected chi connectivity index (χ0v) is 33.0. The molecule has 4 N–H and O–H groups in total. The van der Waals surface area contributed by atoms with Crippen LogP contribution in [0.5, 0.6) is 11.5 Å². The molecular weight excluding hydrogens is 719 g/mol. The first-order chi connectivity index (χ1) is 27.7. The largest absolute Gasteiger partial charge is 0.497 e. The normalized spacial score (nSPS) is 11.5. The van der Waals surface area contributed by atoms with Crippen molar-refractivity contribution in [3.8, 4) is 56.3 Å². The first-order valence-electron chi connectivity index (χ1n) is 19.0.